The number of ether oxygens (including phenoxy) is 2. The molecule has 10 heteroatoms. The lowest BCUT2D eigenvalue weighted by atomic mass is 10.1. The minimum absolute atomic E-state index is 0.0135. The van der Waals surface area contributed by atoms with Gasteiger partial charge in [0.15, 0.2) is 0 Å². The number of para-hydroxylation sites is 1. The third-order valence-corrected chi connectivity index (χ3v) is 8.48. The smallest absolute Gasteiger partial charge is 0.272 e. The van der Waals surface area contributed by atoms with Crippen molar-refractivity contribution in [3.05, 3.63) is 118 Å². The molecule has 0 saturated carbocycles. The van der Waals surface area contributed by atoms with Gasteiger partial charge in [-0.2, -0.15) is 0 Å². The van der Waals surface area contributed by atoms with Crippen LogP contribution >= 0.6 is 27.7 Å². The highest BCUT2D eigenvalue weighted by Gasteiger charge is 2.20. The Balaban J connectivity index is 1.55. The molecule has 8 nitrogen and oxygen atoms in total. The predicted molar refractivity (Wildman–Crippen MR) is 179 cm³/mol. The number of anilines is 2. The molecule has 0 aliphatic rings. The summed E-state index contributed by atoms with van der Waals surface area (Å²) in [4.78, 5) is 40.5. The van der Waals surface area contributed by atoms with Crippen molar-refractivity contribution in [2.45, 2.75) is 23.5 Å². The van der Waals surface area contributed by atoms with Crippen LogP contribution in [-0.4, -0.2) is 37.2 Å². The van der Waals surface area contributed by atoms with Gasteiger partial charge in [-0.1, -0.05) is 43.3 Å². The number of rotatable bonds is 12. The van der Waals surface area contributed by atoms with Crippen LogP contribution in [0.15, 0.2) is 112 Å². The van der Waals surface area contributed by atoms with Crippen LogP contribution in [0, 0.1) is 0 Å². The van der Waals surface area contributed by atoms with Crippen LogP contribution in [0.2, 0.25) is 0 Å². The zero-order valence-electron chi connectivity index (χ0n) is 24.4. The molecular weight excluding hydrogens is 642 g/mol. The zero-order chi connectivity index (χ0) is 31.5. The number of hydrogen-bond acceptors (Lipinski definition) is 6. The van der Waals surface area contributed by atoms with Crippen molar-refractivity contribution in [3.8, 4) is 11.5 Å². The van der Waals surface area contributed by atoms with Crippen molar-refractivity contribution < 1.29 is 23.9 Å². The third kappa shape index (κ3) is 8.75. The van der Waals surface area contributed by atoms with Crippen molar-refractivity contribution in [1.82, 2.24) is 5.32 Å². The van der Waals surface area contributed by atoms with E-state index in [1.54, 1.807) is 79.9 Å². The fraction of sp³-hybridized carbons (Fsp3) is 0.147. The molecule has 1 atom stereocenters. The quantitative estimate of drug-likeness (QED) is 0.107. The Kier molecular flexibility index (Phi) is 11.6. The number of carbonyl (C=O) groups excluding carboxylic acids is 3. The molecule has 226 valence electrons. The topological polar surface area (TPSA) is 106 Å². The van der Waals surface area contributed by atoms with Crippen LogP contribution in [0.5, 0.6) is 11.5 Å². The number of nitrogens with one attached hydrogen (secondary N) is 3. The van der Waals surface area contributed by atoms with E-state index in [4.69, 9.17) is 9.47 Å². The summed E-state index contributed by atoms with van der Waals surface area (Å²) in [6.07, 6.45) is 2.14. The van der Waals surface area contributed by atoms with Gasteiger partial charge in [0.25, 0.3) is 11.8 Å². The second kappa shape index (κ2) is 15.8. The number of benzene rings is 4. The molecule has 0 heterocycles. The largest absolute Gasteiger partial charge is 0.497 e. The molecule has 0 saturated heterocycles. The van der Waals surface area contributed by atoms with Crippen LogP contribution < -0.4 is 25.4 Å². The molecule has 1 unspecified atom stereocenters. The Morgan fingerprint density at radius 2 is 1.61 bits per heavy atom. The summed E-state index contributed by atoms with van der Waals surface area (Å²) in [5.74, 6) is -0.0451. The predicted octanol–water partition coefficient (Wildman–Crippen LogP) is 7.39. The molecule has 0 radical (unpaired) electrons. The minimum Gasteiger partial charge on any atom is -0.497 e. The van der Waals surface area contributed by atoms with E-state index in [2.05, 4.69) is 31.9 Å². The number of methoxy groups -OCH3 is 2. The lowest BCUT2D eigenvalue weighted by molar-refractivity contribution is -0.116. The SMILES string of the molecule is CCC(Sc1cccc(NC(=O)/C(=C\c2ccc(OC)cc2OC)NC(=O)c2ccccc2)c1)C(=O)Nc1ccccc1Br. The third-order valence-electron chi connectivity index (χ3n) is 6.43. The van der Waals surface area contributed by atoms with E-state index in [1.165, 1.54) is 18.9 Å². The summed E-state index contributed by atoms with van der Waals surface area (Å²) in [5, 5.41) is 8.23. The number of amides is 3. The molecule has 3 amide bonds. The average Bonchev–Trinajstić information content (AvgIpc) is 3.04. The van der Waals surface area contributed by atoms with Crippen LogP contribution in [0.1, 0.15) is 29.3 Å². The molecule has 4 rings (SSSR count). The first-order valence-electron chi connectivity index (χ1n) is 13.7. The van der Waals surface area contributed by atoms with Gasteiger partial charge in [0, 0.05) is 32.2 Å². The van der Waals surface area contributed by atoms with E-state index in [9.17, 15) is 14.4 Å². The standard InChI is InChI=1S/C34H32BrN3O5S/c1-4-31(34(41)37-28-16-9-8-15-27(28)35)44-26-14-10-13-24(20-26)36-33(40)29(38-32(39)22-11-6-5-7-12-22)19-23-17-18-25(42-2)21-30(23)43-3/h5-21,31H,4H2,1-3H3,(H,36,40)(H,37,41)(H,38,39)/b29-19+. The Morgan fingerprint density at radius 3 is 2.32 bits per heavy atom. The molecule has 4 aromatic rings. The van der Waals surface area contributed by atoms with Gasteiger partial charge in [0.2, 0.25) is 5.91 Å². The van der Waals surface area contributed by atoms with Crippen molar-refractivity contribution in [3.63, 3.8) is 0 Å². The van der Waals surface area contributed by atoms with E-state index in [0.717, 1.165) is 9.37 Å². The summed E-state index contributed by atoms with van der Waals surface area (Å²) < 4.78 is 11.6. The number of hydrogen-bond donors (Lipinski definition) is 3. The maximum atomic E-state index is 13.6. The number of halogens is 1. The lowest BCUT2D eigenvalue weighted by Gasteiger charge is -2.16. The van der Waals surface area contributed by atoms with Gasteiger partial charge >= 0.3 is 0 Å². The van der Waals surface area contributed by atoms with Gasteiger partial charge in [0.05, 0.1) is 25.2 Å². The lowest BCUT2D eigenvalue weighted by Crippen LogP contribution is -2.30. The van der Waals surface area contributed by atoms with Gasteiger partial charge < -0.3 is 25.4 Å². The fourth-order valence-corrected chi connectivity index (χ4v) is 5.54. The van der Waals surface area contributed by atoms with Gasteiger partial charge in [0.1, 0.15) is 17.2 Å². The van der Waals surface area contributed by atoms with Crippen LogP contribution in [0.3, 0.4) is 0 Å². The number of thioether (sulfide) groups is 1. The van der Waals surface area contributed by atoms with E-state index >= 15 is 0 Å². The van der Waals surface area contributed by atoms with E-state index in [0.29, 0.717) is 40.4 Å². The summed E-state index contributed by atoms with van der Waals surface area (Å²) in [5.41, 5.74) is 2.18. The molecule has 0 aliphatic heterocycles. The Labute approximate surface area is 269 Å². The van der Waals surface area contributed by atoms with E-state index in [1.807, 2.05) is 37.3 Å². The molecule has 44 heavy (non-hydrogen) atoms. The maximum absolute atomic E-state index is 13.6. The molecule has 0 aromatic heterocycles. The Bertz CT molecular complexity index is 1660. The molecule has 0 spiro atoms. The second-order valence-corrected chi connectivity index (χ2v) is 11.6. The highest BCUT2D eigenvalue weighted by Crippen LogP contribution is 2.30. The highest BCUT2D eigenvalue weighted by atomic mass is 79.9. The summed E-state index contributed by atoms with van der Waals surface area (Å²) in [6.45, 7) is 1.95. The summed E-state index contributed by atoms with van der Waals surface area (Å²) in [6, 6.07) is 28.4. The average molecular weight is 675 g/mol. The van der Waals surface area contributed by atoms with E-state index < -0.39 is 11.8 Å². The minimum atomic E-state index is -0.534. The van der Waals surface area contributed by atoms with Crippen LogP contribution in [0.25, 0.3) is 6.08 Å². The molecular formula is C34H32BrN3O5S. The van der Waals surface area contributed by atoms with Gasteiger partial charge in [-0.05, 0) is 83.0 Å². The first kappa shape index (κ1) is 32.4. The normalized spacial score (nSPS) is 11.7. The van der Waals surface area contributed by atoms with Crippen LogP contribution in [0.4, 0.5) is 11.4 Å². The van der Waals surface area contributed by atoms with Gasteiger partial charge in [-0.25, -0.2) is 0 Å². The molecule has 0 bridgehead atoms. The van der Waals surface area contributed by atoms with Crippen LogP contribution in [-0.2, 0) is 9.59 Å². The molecule has 0 fully saturated rings. The highest BCUT2D eigenvalue weighted by molar-refractivity contribution is 9.10. The second-order valence-electron chi connectivity index (χ2n) is 9.45. The summed E-state index contributed by atoms with van der Waals surface area (Å²) in [7, 11) is 3.06. The van der Waals surface area contributed by atoms with Crippen molar-refractivity contribution in [2.75, 3.05) is 24.9 Å². The van der Waals surface area contributed by atoms with Crippen molar-refractivity contribution >= 4 is 62.9 Å². The van der Waals surface area contributed by atoms with Gasteiger partial charge in [-0.15, -0.1) is 11.8 Å². The summed E-state index contributed by atoms with van der Waals surface area (Å²) >= 11 is 4.86. The maximum Gasteiger partial charge on any atom is 0.272 e. The first-order chi connectivity index (χ1) is 21.3. The fourth-order valence-electron chi connectivity index (χ4n) is 4.14. The Morgan fingerprint density at radius 1 is 0.864 bits per heavy atom. The van der Waals surface area contributed by atoms with Crippen molar-refractivity contribution in [1.29, 1.82) is 0 Å². The van der Waals surface area contributed by atoms with Gasteiger partial charge in [-0.3, -0.25) is 14.4 Å². The van der Waals surface area contributed by atoms with E-state index in [-0.39, 0.29) is 16.9 Å². The molecule has 3 N–H and O–H groups in total. The Hall–Kier alpha value is -4.54. The monoisotopic (exact) mass is 673 g/mol. The van der Waals surface area contributed by atoms with Crippen molar-refractivity contribution in [2.24, 2.45) is 0 Å². The molecule has 4 aromatic carbocycles. The first-order valence-corrected chi connectivity index (χ1v) is 15.4. The zero-order valence-corrected chi connectivity index (χ0v) is 26.8. The molecule has 0 aliphatic carbocycles. The number of carbonyl (C=O) groups is 3.